The molecule has 3 aromatic rings. The summed E-state index contributed by atoms with van der Waals surface area (Å²) in [7, 11) is -11.7. The van der Waals surface area contributed by atoms with Crippen molar-refractivity contribution < 1.29 is 55.1 Å². The van der Waals surface area contributed by atoms with Gasteiger partial charge in [0.2, 0.25) is 26.3 Å². The van der Waals surface area contributed by atoms with Crippen molar-refractivity contribution in [2.45, 2.75) is 47.4 Å². The smallest absolute Gasteiger partial charge is 0.398 e. The van der Waals surface area contributed by atoms with E-state index in [0.29, 0.717) is 4.90 Å². The molecule has 216 valence electrons. The summed E-state index contributed by atoms with van der Waals surface area (Å²) in [6, 6.07) is 6.02. The maximum absolute atomic E-state index is 12.9. The molecule has 2 aromatic heterocycles. The van der Waals surface area contributed by atoms with Crippen LogP contribution in [0.5, 0.6) is 5.75 Å². The predicted molar refractivity (Wildman–Crippen MR) is 128 cm³/mol. The first-order valence-corrected chi connectivity index (χ1v) is 15.3. The van der Waals surface area contributed by atoms with Gasteiger partial charge in [-0.3, -0.25) is 9.13 Å². The molecular formula is C19H21F6N5O6P2S. The molecule has 0 fully saturated rings. The van der Waals surface area contributed by atoms with E-state index >= 15 is 0 Å². The van der Waals surface area contributed by atoms with Gasteiger partial charge in [-0.1, -0.05) is 11.8 Å². The van der Waals surface area contributed by atoms with Crippen LogP contribution < -0.4 is 5.73 Å². The Bertz CT molecular complexity index is 1380. The summed E-state index contributed by atoms with van der Waals surface area (Å²) in [6.07, 6.45) is -16.0. The molecule has 39 heavy (non-hydrogen) atoms. The van der Waals surface area contributed by atoms with Crippen LogP contribution in [0.3, 0.4) is 0 Å². The van der Waals surface area contributed by atoms with Crippen molar-refractivity contribution in [1.29, 1.82) is 0 Å². The molecule has 0 spiro atoms. The van der Waals surface area contributed by atoms with Crippen LogP contribution in [-0.4, -0.2) is 70.8 Å². The minimum absolute atomic E-state index is 0.0218. The second-order valence-corrected chi connectivity index (χ2v) is 14.4. The number of alkyl halides is 6. The second kappa shape index (κ2) is 11.3. The lowest BCUT2D eigenvalue weighted by molar-refractivity contribution is -0.109. The Labute approximate surface area is 220 Å². The number of aromatic nitrogens is 4. The third-order valence-electron chi connectivity index (χ3n) is 4.81. The van der Waals surface area contributed by atoms with Crippen LogP contribution in [0.2, 0.25) is 0 Å². The number of nitrogen functional groups attached to an aromatic ring is 1. The Morgan fingerprint density at radius 3 is 2.08 bits per heavy atom. The van der Waals surface area contributed by atoms with Crippen LogP contribution in [-0.2, 0) is 20.4 Å². The number of phenolic OH excluding ortho intramolecular Hbond substituents is 1. The lowest BCUT2D eigenvalue weighted by atomic mass is 10.3. The Kier molecular flexibility index (Phi) is 9.00. The molecule has 1 aromatic carbocycles. The third kappa shape index (κ3) is 8.56. The van der Waals surface area contributed by atoms with E-state index in [1.165, 1.54) is 23.0 Å². The van der Waals surface area contributed by atoms with Crippen molar-refractivity contribution in [3.05, 3.63) is 30.6 Å². The number of nitrogens with zero attached hydrogens (tertiary/aromatic N) is 4. The number of nitrogens with two attached hydrogens (primary N) is 1. The van der Waals surface area contributed by atoms with Gasteiger partial charge in [0.05, 0.1) is 19.0 Å². The van der Waals surface area contributed by atoms with E-state index in [9.17, 15) is 50.4 Å². The third-order valence-corrected chi connectivity index (χ3v) is 11.2. The fraction of sp³-hybridized carbons (Fsp3) is 0.421. The van der Waals surface area contributed by atoms with Gasteiger partial charge in [-0.05, 0) is 31.2 Å². The van der Waals surface area contributed by atoms with Gasteiger partial charge in [0.25, 0.3) is 0 Å². The Morgan fingerprint density at radius 1 is 1.03 bits per heavy atom. The van der Waals surface area contributed by atoms with Crippen LogP contribution in [0.1, 0.15) is 6.92 Å². The van der Waals surface area contributed by atoms with Crippen LogP contribution in [0, 0.1) is 0 Å². The topological polar surface area (TPSA) is 174 Å². The fourth-order valence-electron chi connectivity index (χ4n) is 3.43. The maximum atomic E-state index is 12.9. The van der Waals surface area contributed by atoms with Crippen molar-refractivity contribution >= 4 is 43.6 Å². The van der Waals surface area contributed by atoms with Crippen LogP contribution in [0.25, 0.3) is 11.2 Å². The van der Waals surface area contributed by atoms with E-state index in [4.69, 9.17) is 10.5 Å². The minimum atomic E-state index is -5.83. The highest BCUT2D eigenvalue weighted by atomic mass is 32.2. The summed E-state index contributed by atoms with van der Waals surface area (Å²) in [5.41, 5.74) is 2.87. The number of halogens is 6. The minimum Gasteiger partial charge on any atom is -0.508 e. The van der Waals surface area contributed by atoms with Crippen molar-refractivity contribution in [3.8, 4) is 5.75 Å². The Balaban J connectivity index is 1.90. The average molecular weight is 623 g/mol. The molecule has 0 saturated heterocycles. The molecule has 3 atom stereocenters. The van der Waals surface area contributed by atoms with E-state index < -0.39 is 57.6 Å². The van der Waals surface area contributed by atoms with Gasteiger partial charge >= 0.3 is 12.4 Å². The maximum Gasteiger partial charge on any atom is 0.398 e. The van der Waals surface area contributed by atoms with Gasteiger partial charge in [0, 0.05) is 4.90 Å². The first-order chi connectivity index (χ1) is 17.8. The molecule has 0 aliphatic heterocycles. The molecule has 3 rings (SSSR count). The summed E-state index contributed by atoms with van der Waals surface area (Å²) in [6.45, 7) is 0.682. The van der Waals surface area contributed by atoms with Crippen molar-refractivity contribution in [2.75, 3.05) is 18.1 Å². The van der Waals surface area contributed by atoms with E-state index in [1.54, 1.807) is 12.1 Å². The SMILES string of the molecule is CC(Cn1cnc2c(Sc3ccc(O)cc3)nc(N)nc21)OC(P(=O)(O)CC(F)(F)F)P(=O)(O)CC(F)(F)F. The largest absolute Gasteiger partial charge is 0.508 e. The number of phenols is 1. The molecule has 0 aliphatic rings. The molecule has 0 amide bonds. The zero-order valence-corrected chi connectivity index (χ0v) is 22.3. The number of rotatable bonds is 10. The molecule has 2 heterocycles. The Morgan fingerprint density at radius 2 is 1.56 bits per heavy atom. The first-order valence-electron chi connectivity index (χ1n) is 10.6. The Hall–Kier alpha value is -2.36. The molecule has 5 N–H and O–H groups in total. The molecule has 0 aliphatic carbocycles. The van der Waals surface area contributed by atoms with Gasteiger partial charge in [-0.25, -0.2) is 9.97 Å². The highest BCUT2D eigenvalue weighted by Gasteiger charge is 2.55. The van der Waals surface area contributed by atoms with Gasteiger partial charge in [-0.15, -0.1) is 0 Å². The van der Waals surface area contributed by atoms with E-state index in [1.807, 2.05) is 0 Å². The fourth-order valence-corrected chi connectivity index (χ4v) is 9.19. The first kappa shape index (κ1) is 31.2. The molecule has 3 unspecified atom stereocenters. The number of hydrogen-bond donors (Lipinski definition) is 4. The summed E-state index contributed by atoms with van der Waals surface area (Å²) in [5, 5.41) is 9.71. The van der Waals surface area contributed by atoms with Gasteiger partial charge < -0.3 is 29.9 Å². The molecule has 0 saturated carbocycles. The lowest BCUT2D eigenvalue weighted by Crippen LogP contribution is -2.30. The highest BCUT2D eigenvalue weighted by molar-refractivity contribution is 7.99. The zero-order valence-electron chi connectivity index (χ0n) is 19.7. The van der Waals surface area contributed by atoms with Gasteiger partial charge in [0.1, 0.15) is 28.6 Å². The second-order valence-electron chi connectivity index (χ2n) is 8.38. The molecule has 0 bridgehead atoms. The average Bonchev–Trinajstić information content (AvgIpc) is 3.12. The van der Waals surface area contributed by atoms with Crippen molar-refractivity contribution in [3.63, 3.8) is 0 Å². The molecule has 11 nitrogen and oxygen atoms in total. The van der Waals surface area contributed by atoms with Crippen molar-refractivity contribution in [1.82, 2.24) is 19.5 Å². The standard InChI is InChI=1S/C19H21F6N5O6P2S/c1-10(36-17(37(32,33)7-18(20,21)22)38(34,35)8-19(23,24)25)6-30-9-27-13-14(30)28-16(26)29-15(13)39-12-4-2-11(31)3-5-12/h2-5,9-10,17,31H,6-8H2,1H3,(H,32,33)(H,34,35)(H2,26,28,29). The predicted octanol–water partition coefficient (Wildman–Crippen LogP) is 4.62. The summed E-state index contributed by atoms with van der Waals surface area (Å²) in [4.78, 5) is 32.8. The summed E-state index contributed by atoms with van der Waals surface area (Å²) < 4.78 is 108. The number of benzene rings is 1. The van der Waals surface area contributed by atoms with Crippen LogP contribution in [0.4, 0.5) is 32.3 Å². The van der Waals surface area contributed by atoms with Crippen molar-refractivity contribution in [2.24, 2.45) is 0 Å². The number of fused-ring (bicyclic) bond motifs is 1. The molecule has 0 radical (unpaired) electrons. The highest BCUT2D eigenvalue weighted by Crippen LogP contribution is 2.67. The summed E-state index contributed by atoms with van der Waals surface area (Å²) >= 11 is 1.10. The quantitative estimate of drug-likeness (QED) is 0.141. The number of hydrogen-bond acceptors (Lipinski definition) is 9. The monoisotopic (exact) mass is 623 g/mol. The normalized spacial score (nSPS) is 17.5. The van der Waals surface area contributed by atoms with E-state index in [2.05, 4.69) is 15.0 Å². The van der Waals surface area contributed by atoms with Crippen LogP contribution in [0.15, 0.2) is 40.5 Å². The van der Waals surface area contributed by atoms with E-state index in [-0.39, 0.29) is 27.9 Å². The number of ether oxygens (including phenoxy) is 1. The molecular weight excluding hydrogens is 602 g/mol. The van der Waals surface area contributed by atoms with Crippen LogP contribution >= 0.6 is 26.5 Å². The summed E-state index contributed by atoms with van der Waals surface area (Å²) in [5.74, 6) is -0.194. The number of anilines is 1. The zero-order chi connectivity index (χ0) is 29.4. The van der Waals surface area contributed by atoms with Gasteiger partial charge in [-0.2, -0.15) is 31.3 Å². The number of aromatic hydroxyl groups is 1. The van der Waals surface area contributed by atoms with Gasteiger partial charge in [0.15, 0.2) is 5.65 Å². The number of imidazole rings is 1. The lowest BCUT2D eigenvalue weighted by Gasteiger charge is -2.30. The molecule has 20 heteroatoms. The van der Waals surface area contributed by atoms with E-state index in [0.717, 1.165) is 18.7 Å².